The van der Waals surface area contributed by atoms with Crippen LogP contribution in [-0.4, -0.2) is 11.1 Å². The number of fused-ring (bicyclic) bond motifs is 1. The van der Waals surface area contributed by atoms with Gasteiger partial charge in [0.05, 0.1) is 5.56 Å². The number of aromatic carboxylic acids is 1. The van der Waals surface area contributed by atoms with Crippen molar-refractivity contribution < 1.29 is 9.90 Å². The number of carbonyl (C=O) groups is 1. The van der Waals surface area contributed by atoms with E-state index in [4.69, 9.17) is 5.11 Å². The maximum atomic E-state index is 11.1. The van der Waals surface area contributed by atoms with E-state index in [9.17, 15) is 4.79 Å². The smallest absolute Gasteiger partial charge is 0.336 e. The molecular weight excluding hydrogens is 328 g/mol. The van der Waals surface area contributed by atoms with Gasteiger partial charge in [0.25, 0.3) is 0 Å². The molecule has 1 N–H and O–H groups in total. The molecule has 3 rings (SSSR count). The fourth-order valence-corrected chi connectivity index (χ4v) is 4.53. The molecule has 1 heterocycles. The molecule has 1 aliphatic rings. The number of allylic oxidation sites excluding steroid dienone is 1. The van der Waals surface area contributed by atoms with Crippen molar-refractivity contribution in [3.8, 4) is 0 Å². The molecule has 0 unspecified atom stereocenters. The molecule has 0 atom stereocenters. The molecule has 0 spiro atoms. The minimum Gasteiger partial charge on any atom is -0.478 e. The topological polar surface area (TPSA) is 37.3 Å². The standard InChI is InChI=1S/C22H26O2S/c1-14(19-12-16(13-25-19)20(23)24)10-15-6-7-17-18(11-15)22(4,5)9-8-21(17,2)3/h6-7,10-13H,8-9H2,1-5H3,(H,23,24). The van der Waals surface area contributed by atoms with Crippen LogP contribution in [0.1, 0.15) is 79.4 Å². The highest BCUT2D eigenvalue weighted by atomic mass is 32.1. The summed E-state index contributed by atoms with van der Waals surface area (Å²) in [6, 6.07) is 8.55. The maximum Gasteiger partial charge on any atom is 0.336 e. The Morgan fingerprint density at radius 2 is 1.72 bits per heavy atom. The van der Waals surface area contributed by atoms with Crippen LogP contribution in [0.3, 0.4) is 0 Å². The van der Waals surface area contributed by atoms with Crippen molar-refractivity contribution in [2.45, 2.75) is 58.3 Å². The number of benzene rings is 1. The molecule has 1 aromatic carbocycles. The fraction of sp³-hybridized carbons (Fsp3) is 0.409. The van der Waals surface area contributed by atoms with E-state index in [1.54, 1.807) is 11.4 Å². The summed E-state index contributed by atoms with van der Waals surface area (Å²) in [5.41, 5.74) is 5.98. The quantitative estimate of drug-likeness (QED) is 0.696. The SMILES string of the molecule is CC(=Cc1ccc2c(c1)C(C)(C)CCC2(C)C)c1cc(C(=O)O)cs1. The van der Waals surface area contributed by atoms with Crippen LogP contribution in [0.5, 0.6) is 0 Å². The molecule has 132 valence electrons. The highest BCUT2D eigenvalue weighted by Gasteiger charge is 2.36. The van der Waals surface area contributed by atoms with Crippen molar-refractivity contribution in [1.82, 2.24) is 0 Å². The van der Waals surface area contributed by atoms with Gasteiger partial charge in [-0.25, -0.2) is 4.79 Å². The van der Waals surface area contributed by atoms with Gasteiger partial charge in [0, 0.05) is 10.3 Å². The number of thiophene rings is 1. The van der Waals surface area contributed by atoms with Crippen molar-refractivity contribution in [2.75, 3.05) is 0 Å². The lowest BCUT2D eigenvalue weighted by Crippen LogP contribution is -2.33. The summed E-state index contributed by atoms with van der Waals surface area (Å²) in [7, 11) is 0. The van der Waals surface area contributed by atoms with Crippen molar-refractivity contribution in [2.24, 2.45) is 0 Å². The maximum absolute atomic E-state index is 11.1. The molecule has 0 saturated heterocycles. The average Bonchev–Trinajstić information content (AvgIpc) is 3.02. The lowest BCUT2D eigenvalue weighted by molar-refractivity contribution is 0.0697. The molecule has 0 saturated carbocycles. The molecule has 0 amide bonds. The Hall–Kier alpha value is -1.87. The molecule has 25 heavy (non-hydrogen) atoms. The minimum absolute atomic E-state index is 0.196. The van der Waals surface area contributed by atoms with Gasteiger partial charge in [-0.3, -0.25) is 0 Å². The van der Waals surface area contributed by atoms with Crippen molar-refractivity contribution >= 4 is 29.0 Å². The van der Waals surface area contributed by atoms with Crippen LogP contribution in [0, 0.1) is 0 Å². The third-order valence-corrected chi connectivity index (χ3v) is 6.56. The predicted molar refractivity (Wildman–Crippen MR) is 107 cm³/mol. The summed E-state index contributed by atoms with van der Waals surface area (Å²) in [5, 5.41) is 10.8. The van der Waals surface area contributed by atoms with Gasteiger partial charge >= 0.3 is 5.97 Å². The molecule has 0 bridgehead atoms. The lowest BCUT2D eigenvalue weighted by Gasteiger charge is -2.42. The molecule has 2 aromatic rings. The minimum atomic E-state index is -0.868. The van der Waals surface area contributed by atoms with Gasteiger partial charge in [0.15, 0.2) is 0 Å². The predicted octanol–water partition coefficient (Wildman–Crippen LogP) is 6.36. The Morgan fingerprint density at radius 1 is 1.08 bits per heavy atom. The van der Waals surface area contributed by atoms with Gasteiger partial charge in [0.1, 0.15) is 0 Å². The normalized spacial score (nSPS) is 18.7. The van der Waals surface area contributed by atoms with Crippen LogP contribution in [-0.2, 0) is 10.8 Å². The van der Waals surface area contributed by atoms with E-state index in [-0.39, 0.29) is 10.8 Å². The van der Waals surface area contributed by atoms with Crippen molar-refractivity contribution in [3.63, 3.8) is 0 Å². The van der Waals surface area contributed by atoms with E-state index in [2.05, 4.69) is 52.0 Å². The first kappa shape index (κ1) is 17.9. The number of rotatable bonds is 3. The number of hydrogen-bond acceptors (Lipinski definition) is 2. The number of carboxylic acid groups (broad SMARTS) is 1. The largest absolute Gasteiger partial charge is 0.478 e. The van der Waals surface area contributed by atoms with Crippen LogP contribution in [0.15, 0.2) is 29.6 Å². The summed E-state index contributed by atoms with van der Waals surface area (Å²) in [5.74, 6) is -0.868. The van der Waals surface area contributed by atoms with E-state index < -0.39 is 5.97 Å². The molecule has 0 fully saturated rings. The fourth-order valence-electron chi connectivity index (χ4n) is 3.67. The second kappa shape index (κ2) is 6.14. The second-order valence-corrected chi connectivity index (χ2v) is 9.32. The summed E-state index contributed by atoms with van der Waals surface area (Å²) < 4.78 is 0. The van der Waals surface area contributed by atoms with Crippen LogP contribution < -0.4 is 0 Å². The Labute approximate surface area is 154 Å². The first-order valence-corrected chi connectivity index (χ1v) is 9.64. The molecular formula is C22H26O2S. The summed E-state index contributed by atoms with van der Waals surface area (Å²) >= 11 is 1.48. The van der Waals surface area contributed by atoms with Crippen molar-refractivity contribution in [1.29, 1.82) is 0 Å². The van der Waals surface area contributed by atoms with Crippen LogP contribution >= 0.6 is 11.3 Å². The number of hydrogen-bond donors (Lipinski definition) is 1. The monoisotopic (exact) mass is 354 g/mol. The zero-order valence-electron chi connectivity index (χ0n) is 15.6. The Bertz CT molecular complexity index is 853. The average molecular weight is 355 g/mol. The zero-order valence-corrected chi connectivity index (χ0v) is 16.5. The first-order valence-electron chi connectivity index (χ1n) is 8.76. The zero-order chi connectivity index (χ0) is 18.4. The van der Waals surface area contributed by atoms with Crippen LogP contribution in [0.25, 0.3) is 11.6 Å². The molecule has 1 aromatic heterocycles. The van der Waals surface area contributed by atoms with Gasteiger partial charge in [-0.05, 0) is 58.9 Å². The lowest BCUT2D eigenvalue weighted by atomic mass is 9.63. The van der Waals surface area contributed by atoms with Crippen LogP contribution in [0.4, 0.5) is 0 Å². The van der Waals surface area contributed by atoms with Gasteiger partial charge in [-0.2, -0.15) is 0 Å². The molecule has 3 heteroatoms. The summed E-state index contributed by atoms with van der Waals surface area (Å²) in [6.07, 6.45) is 4.58. The Morgan fingerprint density at radius 3 is 2.32 bits per heavy atom. The molecule has 1 aliphatic carbocycles. The molecule has 0 aliphatic heterocycles. The highest BCUT2D eigenvalue weighted by molar-refractivity contribution is 7.11. The van der Waals surface area contributed by atoms with Gasteiger partial charge < -0.3 is 5.11 Å². The Balaban J connectivity index is 2.00. The Kier molecular flexibility index (Phi) is 4.40. The third-order valence-electron chi connectivity index (χ3n) is 5.50. The molecule has 0 radical (unpaired) electrons. The van der Waals surface area contributed by atoms with Gasteiger partial charge in [0.2, 0.25) is 0 Å². The van der Waals surface area contributed by atoms with E-state index in [1.165, 1.54) is 40.9 Å². The number of carboxylic acids is 1. The van der Waals surface area contributed by atoms with Crippen molar-refractivity contribution in [3.05, 3.63) is 56.8 Å². The van der Waals surface area contributed by atoms with E-state index >= 15 is 0 Å². The van der Waals surface area contributed by atoms with Gasteiger partial charge in [-0.15, -0.1) is 11.3 Å². The van der Waals surface area contributed by atoms with E-state index in [0.29, 0.717) is 5.56 Å². The summed E-state index contributed by atoms with van der Waals surface area (Å²) in [4.78, 5) is 12.1. The van der Waals surface area contributed by atoms with E-state index in [1.807, 2.05) is 6.92 Å². The summed E-state index contributed by atoms with van der Waals surface area (Å²) in [6.45, 7) is 11.4. The van der Waals surface area contributed by atoms with Gasteiger partial charge in [-0.1, -0.05) is 52.0 Å². The van der Waals surface area contributed by atoms with Crippen LogP contribution in [0.2, 0.25) is 0 Å². The highest BCUT2D eigenvalue weighted by Crippen LogP contribution is 2.46. The second-order valence-electron chi connectivity index (χ2n) is 8.40. The van der Waals surface area contributed by atoms with E-state index in [0.717, 1.165) is 10.5 Å². The molecule has 2 nitrogen and oxygen atoms in total. The third kappa shape index (κ3) is 3.43. The first-order chi connectivity index (χ1) is 11.6.